The second kappa shape index (κ2) is 7.37. The number of carbonyl (C=O) groups is 3. The zero-order valence-electron chi connectivity index (χ0n) is 13.1. The maximum Gasteiger partial charge on any atom is 0.416 e. The molecule has 25 heavy (non-hydrogen) atoms. The lowest BCUT2D eigenvalue weighted by atomic mass is 10.2. The second-order valence-electron chi connectivity index (χ2n) is 5.37. The van der Waals surface area contributed by atoms with Gasteiger partial charge in [0.1, 0.15) is 6.04 Å². The molecule has 6 nitrogen and oxygen atoms in total. The van der Waals surface area contributed by atoms with Gasteiger partial charge in [-0.2, -0.15) is 13.2 Å². The van der Waals surface area contributed by atoms with Crippen LogP contribution < -0.4 is 15.5 Å². The summed E-state index contributed by atoms with van der Waals surface area (Å²) in [5, 5.41) is 4.77. The fourth-order valence-corrected chi connectivity index (χ4v) is 2.39. The summed E-state index contributed by atoms with van der Waals surface area (Å²) in [4.78, 5) is 36.3. The van der Waals surface area contributed by atoms with Gasteiger partial charge in [-0.05, 0) is 36.8 Å². The molecular weight excluding hydrogens is 339 g/mol. The van der Waals surface area contributed by atoms with Crippen molar-refractivity contribution in [2.24, 2.45) is 0 Å². The van der Waals surface area contributed by atoms with Gasteiger partial charge in [0, 0.05) is 12.2 Å². The van der Waals surface area contributed by atoms with Crippen LogP contribution in [-0.4, -0.2) is 36.9 Å². The molecule has 1 heterocycles. The van der Waals surface area contributed by atoms with Gasteiger partial charge in [-0.1, -0.05) is 6.58 Å². The fraction of sp³-hybridized carbons (Fsp3) is 0.312. The first-order valence-corrected chi connectivity index (χ1v) is 7.40. The van der Waals surface area contributed by atoms with Gasteiger partial charge in [-0.25, -0.2) is 0 Å². The second-order valence-corrected chi connectivity index (χ2v) is 5.37. The van der Waals surface area contributed by atoms with Gasteiger partial charge in [-0.15, -0.1) is 0 Å². The molecule has 2 rings (SSSR count). The smallest absolute Gasteiger partial charge is 0.344 e. The van der Waals surface area contributed by atoms with Gasteiger partial charge >= 0.3 is 6.18 Å². The first kappa shape index (κ1) is 18.5. The molecule has 1 unspecified atom stereocenters. The van der Waals surface area contributed by atoms with Crippen LogP contribution in [0.1, 0.15) is 12.0 Å². The largest absolute Gasteiger partial charge is 0.416 e. The molecule has 0 spiro atoms. The van der Waals surface area contributed by atoms with Gasteiger partial charge < -0.3 is 15.5 Å². The van der Waals surface area contributed by atoms with Crippen LogP contribution in [0.2, 0.25) is 0 Å². The van der Waals surface area contributed by atoms with Crippen LogP contribution in [0.15, 0.2) is 36.9 Å². The lowest BCUT2D eigenvalue weighted by molar-refractivity contribution is -0.137. The molecule has 9 heteroatoms. The van der Waals surface area contributed by atoms with Crippen molar-refractivity contribution in [2.45, 2.75) is 18.6 Å². The molecule has 1 aromatic rings. The van der Waals surface area contributed by atoms with E-state index in [1.807, 2.05) is 0 Å². The van der Waals surface area contributed by atoms with E-state index in [2.05, 4.69) is 17.2 Å². The summed E-state index contributed by atoms with van der Waals surface area (Å²) in [6.07, 6.45) is -3.11. The predicted molar refractivity (Wildman–Crippen MR) is 83.6 cm³/mol. The Kier molecular flexibility index (Phi) is 5.45. The molecule has 0 radical (unpaired) electrons. The number of anilines is 1. The lowest BCUT2D eigenvalue weighted by Crippen LogP contribution is -2.45. The summed E-state index contributed by atoms with van der Waals surface area (Å²) in [6.45, 7) is 3.22. The zero-order chi connectivity index (χ0) is 18.6. The number of hydrogen-bond donors (Lipinski definition) is 2. The van der Waals surface area contributed by atoms with Gasteiger partial charge in [0.05, 0.1) is 12.1 Å². The molecule has 2 N–H and O–H groups in total. The Morgan fingerprint density at radius 2 is 1.92 bits per heavy atom. The Balaban J connectivity index is 1.96. The molecule has 1 aromatic carbocycles. The van der Waals surface area contributed by atoms with E-state index in [1.165, 1.54) is 17.0 Å². The van der Waals surface area contributed by atoms with Crippen molar-refractivity contribution < 1.29 is 27.6 Å². The molecule has 0 saturated carbocycles. The molecule has 1 aliphatic rings. The Bertz CT molecular complexity index is 686. The van der Waals surface area contributed by atoms with Crippen molar-refractivity contribution in [1.29, 1.82) is 0 Å². The van der Waals surface area contributed by atoms with Crippen molar-refractivity contribution in [3.05, 3.63) is 42.5 Å². The normalized spacial score (nSPS) is 17.3. The van der Waals surface area contributed by atoms with Crippen molar-refractivity contribution in [2.75, 3.05) is 18.0 Å². The van der Waals surface area contributed by atoms with E-state index in [-0.39, 0.29) is 13.1 Å². The minimum absolute atomic E-state index is 0.272. The first-order valence-electron chi connectivity index (χ1n) is 7.40. The average Bonchev–Trinajstić information content (AvgIpc) is 2.92. The van der Waals surface area contributed by atoms with E-state index in [4.69, 9.17) is 0 Å². The van der Waals surface area contributed by atoms with Crippen LogP contribution in [-0.2, 0) is 20.6 Å². The van der Waals surface area contributed by atoms with Gasteiger partial charge in [0.25, 0.3) is 0 Å². The molecule has 3 amide bonds. The Morgan fingerprint density at radius 1 is 1.28 bits per heavy atom. The average molecular weight is 355 g/mol. The Labute approximate surface area is 141 Å². The molecule has 1 fully saturated rings. The summed E-state index contributed by atoms with van der Waals surface area (Å²) < 4.78 is 37.7. The van der Waals surface area contributed by atoms with Gasteiger partial charge in [-0.3, -0.25) is 14.4 Å². The highest BCUT2D eigenvalue weighted by atomic mass is 19.4. The summed E-state index contributed by atoms with van der Waals surface area (Å²) in [5.41, 5.74) is -0.472. The van der Waals surface area contributed by atoms with Crippen LogP contribution >= 0.6 is 0 Å². The minimum atomic E-state index is -4.44. The molecule has 0 aromatic heterocycles. The topological polar surface area (TPSA) is 78.5 Å². The quantitative estimate of drug-likeness (QED) is 0.780. The third-order valence-corrected chi connectivity index (χ3v) is 3.66. The highest BCUT2D eigenvalue weighted by molar-refractivity contribution is 6.01. The molecule has 0 bridgehead atoms. The van der Waals surface area contributed by atoms with E-state index in [1.54, 1.807) is 0 Å². The van der Waals surface area contributed by atoms with Crippen molar-refractivity contribution in [3.63, 3.8) is 0 Å². The van der Waals surface area contributed by atoms with Crippen LogP contribution in [0.5, 0.6) is 0 Å². The molecular formula is C16H16F3N3O3. The third-order valence-electron chi connectivity index (χ3n) is 3.66. The van der Waals surface area contributed by atoms with Crippen molar-refractivity contribution in [3.8, 4) is 0 Å². The van der Waals surface area contributed by atoms with E-state index < -0.39 is 35.5 Å². The number of nitrogens with zero attached hydrogens (tertiary/aromatic N) is 1. The van der Waals surface area contributed by atoms with E-state index in [0.717, 1.165) is 18.2 Å². The predicted octanol–water partition coefficient (Wildman–Crippen LogP) is 1.23. The maximum atomic E-state index is 12.6. The van der Waals surface area contributed by atoms with Gasteiger partial charge in [0.2, 0.25) is 17.7 Å². The summed E-state index contributed by atoms with van der Waals surface area (Å²) in [6, 6.07) is 3.46. The number of benzene rings is 1. The number of hydrogen-bond acceptors (Lipinski definition) is 3. The number of alkyl halides is 3. The molecule has 1 saturated heterocycles. The third kappa shape index (κ3) is 4.59. The lowest BCUT2D eigenvalue weighted by Gasteiger charge is -2.18. The standard InChI is InChI=1S/C16H16F3N3O3/c1-2-13(23)20-9-14(24)21-12-7-8-22(15(12)25)11-5-3-10(4-6-11)16(17,18)19/h2-6,12H,1,7-9H2,(H,20,23)(H,21,24). The summed E-state index contributed by atoms with van der Waals surface area (Å²) in [7, 11) is 0. The van der Waals surface area contributed by atoms with E-state index in [9.17, 15) is 27.6 Å². The van der Waals surface area contributed by atoms with E-state index >= 15 is 0 Å². The minimum Gasteiger partial charge on any atom is -0.344 e. The van der Waals surface area contributed by atoms with Crippen LogP contribution in [0, 0.1) is 0 Å². The van der Waals surface area contributed by atoms with Crippen molar-refractivity contribution in [1.82, 2.24) is 10.6 Å². The maximum absolute atomic E-state index is 12.6. The summed E-state index contributed by atoms with van der Waals surface area (Å²) in [5.74, 6) is -1.47. The molecule has 0 aliphatic carbocycles. The SMILES string of the molecule is C=CC(=O)NCC(=O)NC1CCN(c2ccc(C(F)(F)F)cc2)C1=O. The Hall–Kier alpha value is -2.84. The summed E-state index contributed by atoms with van der Waals surface area (Å²) >= 11 is 0. The fourth-order valence-electron chi connectivity index (χ4n) is 2.39. The Morgan fingerprint density at radius 3 is 2.48 bits per heavy atom. The molecule has 134 valence electrons. The zero-order valence-corrected chi connectivity index (χ0v) is 13.1. The molecule has 1 atom stereocenters. The number of amides is 3. The number of halogens is 3. The first-order chi connectivity index (χ1) is 11.7. The highest BCUT2D eigenvalue weighted by Gasteiger charge is 2.34. The number of rotatable bonds is 5. The van der Waals surface area contributed by atoms with Crippen LogP contribution in [0.3, 0.4) is 0 Å². The van der Waals surface area contributed by atoms with Crippen molar-refractivity contribution >= 4 is 23.4 Å². The molecule has 1 aliphatic heterocycles. The monoisotopic (exact) mass is 355 g/mol. The van der Waals surface area contributed by atoms with E-state index in [0.29, 0.717) is 12.1 Å². The van der Waals surface area contributed by atoms with Gasteiger partial charge in [0.15, 0.2) is 0 Å². The number of carbonyl (C=O) groups excluding carboxylic acids is 3. The highest BCUT2D eigenvalue weighted by Crippen LogP contribution is 2.31. The van der Waals surface area contributed by atoms with Crippen LogP contribution in [0.25, 0.3) is 0 Å². The van der Waals surface area contributed by atoms with Crippen LogP contribution in [0.4, 0.5) is 18.9 Å². The number of nitrogens with one attached hydrogen (secondary N) is 2.